The van der Waals surface area contributed by atoms with Gasteiger partial charge in [-0.05, 0) is 101 Å². The summed E-state index contributed by atoms with van der Waals surface area (Å²) in [7, 11) is 0. The van der Waals surface area contributed by atoms with Crippen LogP contribution >= 0.6 is 23.2 Å². The molecule has 1 amide bonds. The molecule has 0 radical (unpaired) electrons. The van der Waals surface area contributed by atoms with Gasteiger partial charge in [0.1, 0.15) is 0 Å². The van der Waals surface area contributed by atoms with Gasteiger partial charge in [-0.15, -0.1) is 0 Å². The molecule has 58 heavy (non-hydrogen) atoms. The summed E-state index contributed by atoms with van der Waals surface area (Å²) in [5, 5.41) is 12.5. The van der Waals surface area contributed by atoms with Gasteiger partial charge in [0.15, 0.2) is 0 Å². The first-order valence-corrected chi connectivity index (χ1v) is 19.2. The highest BCUT2D eigenvalue weighted by Crippen LogP contribution is 2.42. The number of hydrogen-bond donors (Lipinski definition) is 2. The van der Waals surface area contributed by atoms with Gasteiger partial charge in [0.2, 0.25) is 6.10 Å². The Hall–Kier alpha value is -2.71. The number of nitrogens with one attached hydrogen (secondary N) is 1. The molecule has 4 aliphatic heterocycles. The summed E-state index contributed by atoms with van der Waals surface area (Å²) < 4.78 is 146. The van der Waals surface area contributed by atoms with Crippen LogP contribution in [0.25, 0.3) is 0 Å². The number of likely N-dealkylation sites (tertiary alicyclic amines) is 3. The minimum atomic E-state index is -5.72. The highest BCUT2D eigenvalue weighted by atomic mass is 35.5. The molecule has 2 aromatic rings. The van der Waals surface area contributed by atoms with Gasteiger partial charge in [0.05, 0.1) is 0 Å². The summed E-state index contributed by atoms with van der Waals surface area (Å²) >= 11 is 12.5. The van der Waals surface area contributed by atoms with E-state index >= 15 is 0 Å². The summed E-state index contributed by atoms with van der Waals surface area (Å²) in [6, 6.07) is 15.7. The lowest BCUT2D eigenvalue weighted by Crippen LogP contribution is -2.54. The van der Waals surface area contributed by atoms with Crippen LogP contribution in [-0.2, 0) is 17.8 Å². The molecule has 2 N–H and O–H groups in total. The van der Waals surface area contributed by atoms with Crippen molar-refractivity contribution in [1.29, 1.82) is 0 Å². The molecular formula is C37H44Cl2F12N4O3. The Bertz CT molecular complexity index is 1600. The van der Waals surface area contributed by atoms with Gasteiger partial charge in [-0.25, -0.2) is 4.79 Å². The van der Waals surface area contributed by atoms with Crippen LogP contribution in [-0.4, -0.2) is 113 Å². The first-order valence-electron chi connectivity index (χ1n) is 18.5. The number of carbonyl (C=O) groups is 1. The molecule has 328 valence electrons. The first-order chi connectivity index (χ1) is 26.9. The molecule has 4 aliphatic rings. The van der Waals surface area contributed by atoms with Crippen LogP contribution in [0.3, 0.4) is 0 Å². The van der Waals surface area contributed by atoms with E-state index in [1.807, 2.05) is 30.3 Å². The number of hydrogen-bond acceptors (Lipinski definition) is 6. The van der Waals surface area contributed by atoms with Crippen molar-refractivity contribution in [3.63, 3.8) is 0 Å². The lowest BCUT2D eigenvalue weighted by Gasteiger charge is -2.45. The molecular weight excluding hydrogens is 847 g/mol. The average Bonchev–Trinajstić information content (AvgIpc) is 3.70. The van der Waals surface area contributed by atoms with Crippen molar-refractivity contribution in [3.05, 3.63) is 69.7 Å². The fraction of sp³-hybridized carbons (Fsp3) is 0.649. The molecule has 0 unspecified atom stereocenters. The van der Waals surface area contributed by atoms with Crippen molar-refractivity contribution < 1.29 is 67.3 Å². The lowest BCUT2D eigenvalue weighted by molar-refractivity contribution is -0.309. The summed E-state index contributed by atoms with van der Waals surface area (Å²) in [5.41, 5.74) is 2.41. The molecule has 4 saturated heterocycles. The Morgan fingerprint density at radius 3 is 1.40 bits per heavy atom. The zero-order chi connectivity index (χ0) is 43.2. The van der Waals surface area contributed by atoms with E-state index in [4.69, 9.17) is 28.3 Å². The minimum absolute atomic E-state index is 0.0281. The molecule has 0 aromatic heterocycles. The fourth-order valence-electron chi connectivity index (χ4n) is 7.96. The molecule has 2 spiro atoms. The first kappa shape index (κ1) is 48.0. The Labute approximate surface area is 337 Å². The summed E-state index contributed by atoms with van der Waals surface area (Å²) in [6.45, 7) is 6.03. The van der Waals surface area contributed by atoms with Gasteiger partial charge >= 0.3 is 30.8 Å². The van der Waals surface area contributed by atoms with Crippen molar-refractivity contribution in [2.45, 2.75) is 112 Å². The number of halogens is 14. The normalized spacial score (nSPS) is 20.3. The summed E-state index contributed by atoms with van der Waals surface area (Å²) in [5.74, 6) is 0. The highest BCUT2D eigenvalue weighted by molar-refractivity contribution is 6.31. The second-order valence-electron chi connectivity index (χ2n) is 14.8. The van der Waals surface area contributed by atoms with Crippen LogP contribution in [0.15, 0.2) is 48.5 Å². The molecule has 6 rings (SSSR count). The Balaban J connectivity index is 0.000000223. The second-order valence-corrected chi connectivity index (χ2v) is 15.6. The molecule has 7 nitrogen and oxygen atoms in total. The monoisotopic (exact) mass is 890 g/mol. The third-order valence-corrected chi connectivity index (χ3v) is 11.8. The van der Waals surface area contributed by atoms with Crippen LogP contribution in [0, 0.1) is 0 Å². The number of alkyl halides is 12. The summed E-state index contributed by atoms with van der Waals surface area (Å²) in [4.78, 5) is 17.8. The van der Waals surface area contributed by atoms with Crippen LogP contribution in [0.2, 0.25) is 10.0 Å². The van der Waals surface area contributed by atoms with Crippen molar-refractivity contribution >= 4 is 29.3 Å². The number of amides is 1. The van der Waals surface area contributed by atoms with E-state index in [0.29, 0.717) is 29.9 Å². The minimum Gasteiger partial charge on any atom is -0.426 e. The maximum Gasteiger partial charge on any atom is 0.434 e. The topological polar surface area (TPSA) is 68.3 Å². The van der Waals surface area contributed by atoms with Crippen LogP contribution in [0.1, 0.15) is 62.5 Å². The van der Waals surface area contributed by atoms with Crippen LogP contribution in [0.4, 0.5) is 57.5 Å². The van der Waals surface area contributed by atoms with E-state index in [2.05, 4.69) is 32.0 Å². The Morgan fingerprint density at radius 2 is 1.03 bits per heavy atom. The molecule has 21 heteroatoms. The zero-order valence-electron chi connectivity index (χ0n) is 31.0. The molecule has 0 bridgehead atoms. The number of aliphatic hydroxyl groups is 1. The standard InChI is InChI=1S/C19H21ClF6N2O2.C15H21ClN2.C3H2F6O/c20-14-5-2-1-4-13(14)12-28-9-3-6-17(28)7-10-27(11-8-17)16(29)30-15(18(21,22)23)19(24,25)26;16-14-5-2-1-4-13(14)12-18-11-3-6-15(18)7-9-17-10-8-15;4-2(5,6)1(10)3(7,8)9/h1-2,4-5,15H,3,6-12H2;1-2,4-5,17H,3,6-12H2;1,10H. The Kier molecular flexibility index (Phi) is 16.0. The Morgan fingerprint density at radius 1 is 0.638 bits per heavy atom. The summed E-state index contributed by atoms with van der Waals surface area (Å²) in [6.07, 6.45) is -24.7. The zero-order valence-corrected chi connectivity index (χ0v) is 32.5. The van der Waals surface area contributed by atoms with Crippen LogP contribution < -0.4 is 5.32 Å². The highest BCUT2D eigenvalue weighted by Gasteiger charge is 2.60. The predicted octanol–water partition coefficient (Wildman–Crippen LogP) is 9.93. The third kappa shape index (κ3) is 12.7. The molecule has 0 saturated carbocycles. The maximum absolute atomic E-state index is 12.6. The number of nitrogens with zero attached hydrogens (tertiary/aromatic N) is 3. The van der Waals surface area contributed by atoms with Gasteiger partial charge < -0.3 is 20.1 Å². The lowest BCUT2D eigenvalue weighted by atomic mass is 9.85. The maximum atomic E-state index is 12.6. The molecule has 4 fully saturated rings. The van der Waals surface area contributed by atoms with Crippen LogP contribution in [0.5, 0.6) is 0 Å². The van der Waals surface area contributed by atoms with Gasteiger partial charge in [-0.3, -0.25) is 9.80 Å². The SMILES string of the molecule is Clc1ccccc1CN1CCCC12CCNCC2.O=C(OC(C(F)(F)F)C(F)(F)F)N1CCC2(CCCN2Cc2ccccc2Cl)CC1.OC(C(F)(F)F)C(F)(F)F. The number of piperidine rings is 2. The van der Waals surface area contributed by atoms with Crippen molar-refractivity contribution in [1.82, 2.24) is 20.0 Å². The number of rotatable bonds is 5. The van der Waals surface area contributed by atoms with Gasteiger partial charge in [0, 0.05) is 47.3 Å². The molecule has 0 aliphatic carbocycles. The number of aliphatic hydroxyl groups excluding tert-OH is 1. The average molecular weight is 892 g/mol. The van der Waals surface area contributed by atoms with Gasteiger partial charge in [0.25, 0.3) is 6.10 Å². The van der Waals surface area contributed by atoms with E-state index in [0.717, 1.165) is 41.4 Å². The van der Waals surface area contributed by atoms with E-state index in [1.165, 1.54) is 50.9 Å². The molecule has 4 heterocycles. The number of ether oxygens (including phenoxy) is 1. The largest absolute Gasteiger partial charge is 0.434 e. The van der Waals surface area contributed by atoms with Gasteiger partial charge in [-0.1, -0.05) is 59.6 Å². The predicted molar refractivity (Wildman–Crippen MR) is 191 cm³/mol. The molecule has 2 aromatic carbocycles. The van der Waals surface area contributed by atoms with Crippen molar-refractivity contribution in [2.75, 3.05) is 39.3 Å². The van der Waals surface area contributed by atoms with E-state index in [1.54, 1.807) is 6.07 Å². The van der Waals surface area contributed by atoms with E-state index < -0.39 is 43.0 Å². The number of benzene rings is 2. The van der Waals surface area contributed by atoms with Gasteiger partial charge in [-0.2, -0.15) is 52.7 Å². The smallest absolute Gasteiger partial charge is 0.426 e. The van der Waals surface area contributed by atoms with E-state index in [9.17, 15) is 57.5 Å². The molecule has 0 atom stereocenters. The fourth-order valence-corrected chi connectivity index (χ4v) is 8.35. The van der Waals surface area contributed by atoms with Crippen molar-refractivity contribution in [2.24, 2.45) is 0 Å². The second kappa shape index (κ2) is 19.3. The quantitative estimate of drug-likeness (QED) is 0.292. The van der Waals surface area contributed by atoms with Crippen molar-refractivity contribution in [3.8, 4) is 0 Å². The van der Waals surface area contributed by atoms with E-state index in [-0.39, 0.29) is 18.6 Å². The number of carbonyl (C=O) groups excluding carboxylic acids is 1. The third-order valence-electron chi connectivity index (χ3n) is 11.0.